The molecule has 0 aromatic heterocycles. The van der Waals surface area contributed by atoms with E-state index >= 15 is 0 Å². The Morgan fingerprint density at radius 3 is 2.30 bits per heavy atom. The molecule has 2 N–H and O–H groups in total. The van der Waals surface area contributed by atoms with E-state index in [-0.39, 0.29) is 12.5 Å². The van der Waals surface area contributed by atoms with Crippen LogP contribution in [-0.2, 0) is 11.3 Å². The standard InChI is InChI=1S/C23H24N2O2/c1-17-8-11-21(14-18(17)2)24-15-19-9-12-22(13-10-19)27-16-23(26)25-20-6-4-3-5-7-20/h3-14,24H,15-16H2,1-2H3,(H,25,26). The number of anilines is 2. The van der Waals surface area contributed by atoms with Crippen LogP contribution in [0.25, 0.3) is 0 Å². The van der Waals surface area contributed by atoms with Crippen molar-refractivity contribution in [3.05, 3.63) is 89.5 Å². The van der Waals surface area contributed by atoms with Crippen molar-refractivity contribution in [2.45, 2.75) is 20.4 Å². The maximum absolute atomic E-state index is 11.9. The predicted octanol–water partition coefficient (Wildman–Crippen LogP) is 4.93. The summed E-state index contributed by atoms with van der Waals surface area (Å²) in [7, 11) is 0. The van der Waals surface area contributed by atoms with Crippen LogP contribution in [0.1, 0.15) is 16.7 Å². The molecule has 0 heterocycles. The third-order valence-electron chi connectivity index (χ3n) is 4.35. The zero-order valence-corrected chi connectivity index (χ0v) is 15.7. The summed E-state index contributed by atoms with van der Waals surface area (Å²) < 4.78 is 5.55. The number of carbonyl (C=O) groups excluding carboxylic acids is 1. The molecule has 4 heteroatoms. The lowest BCUT2D eigenvalue weighted by molar-refractivity contribution is -0.118. The van der Waals surface area contributed by atoms with E-state index in [1.807, 2.05) is 54.6 Å². The van der Waals surface area contributed by atoms with Crippen LogP contribution in [0.2, 0.25) is 0 Å². The van der Waals surface area contributed by atoms with Gasteiger partial charge in [-0.2, -0.15) is 0 Å². The van der Waals surface area contributed by atoms with Gasteiger partial charge in [0.1, 0.15) is 5.75 Å². The first kappa shape index (κ1) is 18.5. The van der Waals surface area contributed by atoms with Crippen molar-refractivity contribution in [3.8, 4) is 5.75 Å². The molecule has 4 nitrogen and oxygen atoms in total. The highest BCUT2D eigenvalue weighted by molar-refractivity contribution is 5.91. The molecule has 0 unspecified atom stereocenters. The summed E-state index contributed by atoms with van der Waals surface area (Å²) in [5.74, 6) is 0.495. The van der Waals surface area contributed by atoms with Crippen LogP contribution >= 0.6 is 0 Å². The molecule has 0 spiro atoms. The fraction of sp³-hybridized carbons (Fsp3) is 0.174. The highest BCUT2D eigenvalue weighted by Gasteiger charge is 2.04. The van der Waals surface area contributed by atoms with E-state index in [2.05, 4.69) is 42.7 Å². The van der Waals surface area contributed by atoms with Crippen molar-refractivity contribution in [3.63, 3.8) is 0 Å². The minimum atomic E-state index is -0.179. The van der Waals surface area contributed by atoms with Gasteiger partial charge in [0, 0.05) is 17.9 Å². The molecule has 0 saturated carbocycles. The van der Waals surface area contributed by atoms with Gasteiger partial charge < -0.3 is 15.4 Å². The Morgan fingerprint density at radius 1 is 0.852 bits per heavy atom. The maximum Gasteiger partial charge on any atom is 0.262 e. The van der Waals surface area contributed by atoms with Crippen LogP contribution in [0.15, 0.2) is 72.8 Å². The Morgan fingerprint density at radius 2 is 1.59 bits per heavy atom. The zero-order chi connectivity index (χ0) is 19.1. The highest BCUT2D eigenvalue weighted by atomic mass is 16.5. The van der Waals surface area contributed by atoms with Gasteiger partial charge in [0.15, 0.2) is 6.61 Å². The Bertz CT molecular complexity index is 890. The minimum absolute atomic E-state index is 0.0187. The lowest BCUT2D eigenvalue weighted by Gasteiger charge is -2.10. The van der Waals surface area contributed by atoms with E-state index in [9.17, 15) is 4.79 Å². The first-order valence-electron chi connectivity index (χ1n) is 8.98. The summed E-state index contributed by atoms with van der Waals surface area (Å²) in [5.41, 5.74) is 5.58. The van der Waals surface area contributed by atoms with Gasteiger partial charge in [-0.05, 0) is 66.9 Å². The molecule has 1 amide bonds. The van der Waals surface area contributed by atoms with Crippen LogP contribution in [0.4, 0.5) is 11.4 Å². The molecule has 3 aromatic carbocycles. The molecule has 3 aromatic rings. The van der Waals surface area contributed by atoms with Gasteiger partial charge >= 0.3 is 0 Å². The van der Waals surface area contributed by atoms with Crippen LogP contribution in [0, 0.1) is 13.8 Å². The van der Waals surface area contributed by atoms with Gasteiger partial charge in [-0.15, -0.1) is 0 Å². The number of benzene rings is 3. The third-order valence-corrected chi connectivity index (χ3v) is 4.35. The molecular formula is C23H24N2O2. The van der Waals surface area contributed by atoms with Crippen molar-refractivity contribution in [2.75, 3.05) is 17.2 Å². The summed E-state index contributed by atoms with van der Waals surface area (Å²) in [5, 5.41) is 6.22. The van der Waals surface area contributed by atoms with E-state index in [1.54, 1.807) is 0 Å². The number of ether oxygens (including phenoxy) is 1. The second-order valence-electron chi connectivity index (χ2n) is 6.50. The Labute approximate surface area is 160 Å². The van der Waals surface area contributed by atoms with Crippen LogP contribution in [-0.4, -0.2) is 12.5 Å². The van der Waals surface area contributed by atoms with Crippen molar-refractivity contribution < 1.29 is 9.53 Å². The highest BCUT2D eigenvalue weighted by Crippen LogP contribution is 2.17. The second-order valence-corrected chi connectivity index (χ2v) is 6.50. The van der Waals surface area contributed by atoms with Crippen molar-refractivity contribution in [1.82, 2.24) is 0 Å². The number of para-hydroxylation sites is 1. The molecule has 0 atom stereocenters. The lowest BCUT2D eigenvalue weighted by atomic mass is 10.1. The number of hydrogen-bond acceptors (Lipinski definition) is 3. The largest absolute Gasteiger partial charge is 0.484 e. The molecule has 0 aliphatic heterocycles. The molecule has 27 heavy (non-hydrogen) atoms. The average Bonchev–Trinajstić information content (AvgIpc) is 2.69. The fourth-order valence-corrected chi connectivity index (χ4v) is 2.63. The van der Waals surface area contributed by atoms with Crippen molar-refractivity contribution in [2.24, 2.45) is 0 Å². The average molecular weight is 360 g/mol. The minimum Gasteiger partial charge on any atom is -0.484 e. The van der Waals surface area contributed by atoms with Gasteiger partial charge in [-0.3, -0.25) is 4.79 Å². The molecule has 0 bridgehead atoms. The van der Waals surface area contributed by atoms with Gasteiger partial charge in [0.05, 0.1) is 0 Å². The number of amides is 1. The second kappa shape index (κ2) is 8.90. The summed E-state index contributed by atoms with van der Waals surface area (Å²) in [6.45, 7) is 4.94. The first-order valence-corrected chi connectivity index (χ1v) is 8.98. The van der Waals surface area contributed by atoms with Crippen molar-refractivity contribution >= 4 is 17.3 Å². The monoisotopic (exact) mass is 360 g/mol. The van der Waals surface area contributed by atoms with E-state index in [0.29, 0.717) is 5.75 Å². The predicted molar refractivity (Wildman–Crippen MR) is 110 cm³/mol. The molecule has 0 aliphatic rings. The third kappa shape index (κ3) is 5.61. The lowest BCUT2D eigenvalue weighted by Crippen LogP contribution is -2.20. The van der Waals surface area contributed by atoms with Gasteiger partial charge in [-0.25, -0.2) is 0 Å². The fourth-order valence-electron chi connectivity index (χ4n) is 2.63. The van der Waals surface area contributed by atoms with Crippen molar-refractivity contribution in [1.29, 1.82) is 0 Å². The first-order chi connectivity index (χ1) is 13.1. The summed E-state index contributed by atoms with van der Waals surface area (Å²) in [6, 6.07) is 23.5. The van der Waals surface area contributed by atoms with E-state index in [1.165, 1.54) is 11.1 Å². The number of aryl methyl sites for hydroxylation is 2. The van der Waals surface area contributed by atoms with Gasteiger partial charge in [0.25, 0.3) is 5.91 Å². The summed E-state index contributed by atoms with van der Waals surface area (Å²) >= 11 is 0. The topological polar surface area (TPSA) is 50.4 Å². The maximum atomic E-state index is 11.9. The molecule has 0 saturated heterocycles. The number of carbonyl (C=O) groups is 1. The molecule has 138 valence electrons. The molecule has 0 aliphatic carbocycles. The molecule has 0 radical (unpaired) electrons. The zero-order valence-electron chi connectivity index (χ0n) is 15.7. The molecule has 3 rings (SSSR count). The van der Waals surface area contributed by atoms with Crippen LogP contribution in [0.3, 0.4) is 0 Å². The number of rotatable bonds is 7. The molecule has 0 fully saturated rings. The Balaban J connectivity index is 1.47. The van der Waals surface area contributed by atoms with Gasteiger partial charge in [0.2, 0.25) is 0 Å². The van der Waals surface area contributed by atoms with Crippen LogP contribution < -0.4 is 15.4 Å². The van der Waals surface area contributed by atoms with E-state index in [0.717, 1.165) is 23.5 Å². The smallest absolute Gasteiger partial charge is 0.262 e. The SMILES string of the molecule is Cc1ccc(NCc2ccc(OCC(=O)Nc3ccccc3)cc2)cc1C. The van der Waals surface area contributed by atoms with E-state index < -0.39 is 0 Å². The Hall–Kier alpha value is -3.27. The molecular weight excluding hydrogens is 336 g/mol. The summed E-state index contributed by atoms with van der Waals surface area (Å²) in [6.07, 6.45) is 0. The van der Waals surface area contributed by atoms with Gasteiger partial charge in [-0.1, -0.05) is 36.4 Å². The van der Waals surface area contributed by atoms with E-state index in [4.69, 9.17) is 4.74 Å². The number of nitrogens with one attached hydrogen (secondary N) is 2. The number of hydrogen-bond donors (Lipinski definition) is 2. The summed E-state index contributed by atoms with van der Waals surface area (Å²) in [4.78, 5) is 11.9. The normalized spacial score (nSPS) is 10.3. The Kier molecular flexibility index (Phi) is 6.10. The van der Waals surface area contributed by atoms with Crippen LogP contribution in [0.5, 0.6) is 5.75 Å². The quantitative estimate of drug-likeness (QED) is 0.628.